The van der Waals surface area contributed by atoms with E-state index in [1.54, 1.807) is 0 Å². The fraction of sp³-hybridized carbons (Fsp3) is 1.00. The average molecular weight is 212 g/mol. The molecule has 0 amide bonds. The van der Waals surface area contributed by atoms with Crippen LogP contribution in [0.3, 0.4) is 0 Å². The standard InChI is InChI=1S/C13H28N2/c1-10(2)13(11(3)4)15(5)12-7-6-8-14-9-12/h10-14H,6-9H2,1-5H3. The van der Waals surface area contributed by atoms with E-state index in [0.717, 1.165) is 23.9 Å². The van der Waals surface area contributed by atoms with Gasteiger partial charge in [0.1, 0.15) is 0 Å². The summed E-state index contributed by atoms with van der Waals surface area (Å²) in [7, 11) is 2.31. The van der Waals surface area contributed by atoms with Gasteiger partial charge >= 0.3 is 0 Å². The van der Waals surface area contributed by atoms with E-state index in [1.165, 1.54) is 25.9 Å². The predicted molar refractivity (Wildman–Crippen MR) is 67.1 cm³/mol. The van der Waals surface area contributed by atoms with Gasteiger partial charge in [-0.3, -0.25) is 4.90 Å². The summed E-state index contributed by atoms with van der Waals surface area (Å²) in [6, 6.07) is 1.46. The Kier molecular flexibility index (Phi) is 5.07. The first-order valence-corrected chi connectivity index (χ1v) is 6.46. The topological polar surface area (TPSA) is 15.3 Å². The van der Waals surface area contributed by atoms with Crippen molar-refractivity contribution in [1.82, 2.24) is 10.2 Å². The van der Waals surface area contributed by atoms with Gasteiger partial charge in [-0.2, -0.15) is 0 Å². The van der Waals surface area contributed by atoms with Crippen LogP contribution < -0.4 is 5.32 Å². The highest BCUT2D eigenvalue weighted by molar-refractivity contribution is 4.84. The van der Waals surface area contributed by atoms with Crippen molar-refractivity contribution in [2.24, 2.45) is 11.8 Å². The van der Waals surface area contributed by atoms with E-state index < -0.39 is 0 Å². The third kappa shape index (κ3) is 3.46. The molecular formula is C13H28N2. The highest BCUT2D eigenvalue weighted by atomic mass is 15.2. The zero-order valence-electron chi connectivity index (χ0n) is 11.1. The van der Waals surface area contributed by atoms with Crippen molar-refractivity contribution in [2.45, 2.75) is 52.6 Å². The van der Waals surface area contributed by atoms with Crippen molar-refractivity contribution in [1.29, 1.82) is 0 Å². The van der Waals surface area contributed by atoms with Gasteiger partial charge in [-0.15, -0.1) is 0 Å². The van der Waals surface area contributed by atoms with Gasteiger partial charge in [-0.05, 0) is 38.3 Å². The predicted octanol–water partition coefficient (Wildman–Crippen LogP) is 2.35. The largest absolute Gasteiger partial charge is 0.315 e. The molecule has 2 heteroatoms. The number of hydrogen-bond donors (Lipinski definition) is 1. The van der Waals surface area contributed by atoms with Crippen molar-refractivity contribution in [3.8, 4) is 0 Å². The number of nitrogens with zero attached hydrogens (tertiary/aromatic N) is 1. The van der Waals surface area contributed by atoms with Crippen LogP contribution in [-0.4, -0.2) is 37.1 Å². The highest BCUT2D eigenvalue weighted by Crippen LogP contribution is 2.22. The van der Waals surface area contributed by atoms with Crippen LogP contribution >= 0.6 is 0 Å². The maximum absolute atomic E-state index is 3.51. The fourth-order valence-electron chi connectivity index (χ4n) is 3.13. The molecule has 90 valence electrons. The monoisotopic (exact) mass is 212 g/mol. The summed E-state index contributed by atoms with van der Waals surface area (Å²) in [5.41, 5.74) is 0. The molecule has 0 aromatic rings. The van der Waals surface area contributed by atoms with Crippen LogP contribution in [0, 0.1) is 11.8 Å². The molecule has 1 fully saturated rings. The molecule has 1 rings (SSSR count). The van der Waals surface area contributed by atoms with Crippen LogP contribution in [0.4, 0.5) is 0 Å². The molecular weight excluding hydrogens is 184 g/mol. The molecule has 0 spiro atoms. The second-order valence-electron chi connectivity index (χ2n) is 5.64. The molecule has 1 aliphatic heterocycles. The molecule has 2 nitrogen and oxygen atoms in total. The molecule has 1 N–H and O–H groups in total. The molecule has 1 atom stereocenters. The van der Waals surface area contributed by atoms with E-state index in [4.69, 9.17) is 0 Å². The van der Waals surface area contributed by atoms with Gasteiger partial charge in [0.05, 0.1) is 0 Å². The second kappa shape index (κ2) is 5.86. The van der Waals surface area contributed by atoms with E-state index in [9.17, 15) is 0 Å². The van der Waals surface area contributed by atoms with Crippen LogP contribution in [0.25, 0.3) is 0 Å². The maximum Gasteiger partial charge on any atom is 0.0221 e. The number of rotatable bonds is 4. The van der Waals surface area contributed by atoms with E-state index >= 15 is 0 Å². The van der Waals surface area contributed by atoms with E-state index in [1.807, 2.05) is 0 Å². The lowest BCUT2D eigenvalue weighted by atomic mass is 9.90. The summed E-state index contributed by atoms with van der Waals surface area (Å²) in [4.78, 5) is 2.61. The van der Waals surface area contributed by atoms with Crippen molar-refractivity contribution >= 4 is 0 Å². The molecule has 0 saturated carbocycles. The molecule has 1 aliphatic rings. The Hall–Kier alpha value is -0.0800. The minimum absolute atomic E-state index is 0.717. The van der Waals surface area contributed by atoms with Crippen molar-refractivity contribution in [2.75, 3.05) is 20.1 Å². The van der Waals surface area contributed by atoms with Crippen molar-refractivity contribution in [3.63, 3.8) is 0 Å². The Morgan fingerprint density at radius 3 is 2.13 bits per heavy atom. The molecule has 0 aromatic heterocycles. The zero-order chi connectivity index (χ0) is 11.4. The Bertz CT molecular complexity index is 163. The number of likely N-dealkylation sites (N-methyl/N-ethyl adjacent to an activating group) is 1. The number of hydrogen-bond acceptors (Lipinski definition) is 2. The lowest BCUT2D eigenvalue weighted by molar-refractivity contribution is 0.0842. The maximum atomic E-state index is 3.51. The Morgan fingerprint density at radius 2 is 1.73 bits per heavy atom. The molecule has 0 aromatic carbocycles. The first-order valence-electron chi connectivity index (χ1n) is 6.46. The molecule has 1 unspecified atom stereocenters. The average Bonchev–Trinajstić information content (AvgIpc) is 2.18. The van der Waals surface area contributed by atoms with Gasteiger partial charge in [0.25, 0.3) is 0 Å². The van der Waals surface area contributed by atoms with Gasteiger partial charge in [-0.25, -0.2) is 0 Å². The van der Waals surface area contributed by atoms with Gasteiger partial charge in [0.2, 0.25) is 0 Å². The smallest absolute Gasteiger partial charge is 0.0221 e. The van der Waals surface area contributed by atoms with Gasteiger partial charge < -0.3 is 5.32 Å². The van der Waals surface area contributed by atoms with Gasteiger partial charge in [0.15, 0.2) is 0 Å². The van der Waals surface area contributed by atoms with E-state index in [-0.39, 0.29) is 0 Å². The second-order valence-corrected chi connectivity index (χ2v) is 5.64. The minimum atomic E-state index is 0.717. The third-order valence-electron chi connectivity index (χ3n) is 3.68. The molecule has 1 heterocycles. The fourth-order valence-corrected chi connectivity index (χ4v) is 3.13. The molecule has 1 saturated heterocycles. The van der Waals surface area contributed by atoms with Crippen LogP contribution in [0.5, 0.6) is 0 Å². The Labute approximate surface area is 95.4 Å². The minimum Gasteiger partial charge on any atom is -0.315 e. The van der Waals surface area contributed by atoms with Crippen LogP contribution in [0.2, 0.25) is 0 Å². The molecule has 0 radical (unpaired) electrons. The Morgan fingerprint density at radius 1 is 1.13 bits per heavy atom. The van der Waals surface area contributed by atoms with E-state index in [0.29, 0.717) is 0 Å². The van der Waals surface area contributed by atoms with Crippen molar-refractivity contribution in [3.05, 3.63) is 0 Å². The summed E-state index contributed by atoms with van der Waals surface area (Å²) in [5, 5.41) is 3.51. The molecule has 0 aliphatic carbocycles. The van der Waals surface area contributed by atoms with Crippen LogP contribution in [0.1, 0.15) is 40.5 Å². The van der Waals surface area contributed by atoms with Crippen molar-refractivity contribution < 1.29 is 0 Å². The lowest BCUT2D eigenvalue weighted by Gasteiger charge is -2.41. The number of nitrogens with one attached hydrogen (secondary N) is 1. The SMILES string of the molecule is CC(C)C(C(C)C)N(C)C1CCCNC1. The number of piperidine rings is 1. The van der Waals surface area contributed by atoms with Gasteiger partial charge in [0, 0.05) is 18.6 Å². The summed E-state index contributed by atoms with van der Waals surface area (Å²) in [6.07, 6.45) is 2.69. The lowest BCUT2D eigenvalue weighted by Crippen LogP contribution is -2.51. The summed E-state index contributed by atoms with van der Waals surface area (Å²) >= 11 is 0. The zero-order valence-corrected chi connectivity index (χ0v) is 11.1. The van der Waals surface area contributed by atoms with E-state index in [2.05, 4.69) is 45.0 Å². The van der Waals surface area contributed by atoms with Crippen LogP contribution in [0.15, 0.2) is 0 Å². The first kappa shape index (κ1) is 13.0. The molecule has 0 bridgehead atoms. The summed E-state index contributed by atoms with van der Waals surface area (Å²) < 4.78 is 0. The Balaban J connectivity index is 2.57. The molecule has 15 heavy (non-hydrogen) atoms. The third-order valence-corrected chi connectivity index (χ3v) is 3.68. The summed E-state index contributed by atoms with van der Waals surface area (Å²) in [6.45, 7) is 11.8. The normalized spacial score (nSPS) is 23.4. The van der Waals surface area contributed by atoms with Crippen LogP contribution in [-0.2, 0) is 0 Å². The summed E-state index contributed by atoms with van der Waals surface area (Å²) in [5.74, 6) is 1.49. The highest BCUT2D eigenvalue weighted by Gasteiger charge is 2.28. The first-order chi connectivity index (χ1) is 7.04. The quantitative estimate of drug-likeness (QED) is 0.769. The van der Waals surface area contributed by atoms with Gasteiger partial charge in [-0.1, -0.05) is 27.7 Å².